The maximum atomic E-state index is 10.5. The van der Waals surface area contributed by atoms with Crippen molar-refractivity contribution in [3.05, 3.63) is 72.1 Å². The number of halogens is 6. The van der Waals surface area contributed by atoms with Crippen LogP contribution in [-0.4, -0.2) is 42.9 Å². The number of anilines is 2. The molecule has 2 aromatic heterocycles. The molecule has 0 spiro atoms. The fourth-order valence-corrected chi connectivity index (χ4v) is 5.21. The summed E-state index contributed by atoms with van der Waals surface area (Å²) in [4.78, 5) is 17.6. The van der Waals surface area contributed by atoms with Gasteiger partial charge in [0.05, 0.1) is 22.1 Å². The predicted octanol–water partition coefficient (Wildman–Crippen LogP) is 3.84. The van der Waals surface area contributed by atoms with Crippen LogP contribution in [-0.2, 0) is 22.7 Å². The molecule has 2 aliphatic rings. The lowest BCUT2D eigenvalue weighted by Gasteiger charge is -2.12. The molecule has 2 aromatic carbocycles. The minimum absolute atomic E-state index is 0. The number of hydrogen-bond donors (Lipinski definition) is 2. The Hall–Kier alpha value is -4.66. The fourth-order valence-electron chi connectivity index (χ4n) is 5.21. The predicted molar refractivity (Wildman–Crippen MR) is 168 cm³/mol. The second-order valence-electron chi connectivity index (χ2n) is 11.4. The zero-order valence-electron chi connectivity index (χ0n) is 27.1. The molecule has 6 rings (SSSR count). The van der Waals surface area contributed by atoms with Crippen LogP contribution in [0, 0.1) is 13.8 Å². The molecule has 0 amide bonds. The number of nitrogens with one attached hydrogen (secondary N) is 2. The van der Waals surface area contributed by atoms with E-state index in [1.165, 1.54) is 82.8 Å². The van der Waals surface area contributed by atoms with E-state index < -0.39 is 24.3 Å². The number of aromatic nitrogens is 2. The lowest BCUT2D eigenvalue weighted by Crippen LogP contribution is -2.37. The fraction of sp³-hybridized carbons (Fsp3) is 0.412. The van der Waals surface area contributed by atoms with Gasteiger partial charge < -0.3 is 35.9 Å². The first kappa shape index (κ1) is 40.5. The summed E-state index contributed by atoms with van der Waals surface area (Å²) in [5.74, 6) is -6.01. The van der Waals surface area contributed by atoms with Crippen molar-refractivity contribution in [1.82, 2.24) is 0 Å². The molecule has 4 heterocycles. The molecule has 0 saturated heterocycles. The standard InChI is InChI=1S/C30H36N4.2C2HF3O2.H2O/c1-23-9-11-29-25(21-23)27-13-19-33(29)17-7-4-8-18-34-20-14-28(32-16-6-3-5-15-31-27)26-22-24(2)10-12-30(26)34;2*3-2(4,5)1(6)7;/h9-14,19-22H,3-8,15-18H2,1-2H3;2*(H,6,7);1H2. The average molecular weight is 699 g/mol. The summed E-state index contributed by atoms with van der Waals surface area (Å²) in [6, 6.07) is 18.3. The highest BCUT2D eigenvalue weighted by Gasteiger charge is 2.29. The van der Waals surface area contributed by atoms with Crippen LogP contribution in [0.1, 0.15) is 49.7 Å². The number of alkyl halides is 6. The van der Waals surface area contributed by atoms with Gasteiger partial charge in [0.15, 0.2) is 12.4 Å². The third kappa shape index (κ3) is 12.4. The first-order chi connectivity index (χ1) is 22.6. The summed E-state index contributed by atoms with van der Waals surface area (Å²) >= 11 is 0. The Morgan fingerprint density at radius 3 is 1.31 bits per heavy atom. The lowest BCUT2D eigenvalue weighted by molar-refractivity contribution is -0.675. The molecule has 2 aliphatic heterocycles. The molecule has 0 fully saturated rings. The number of pyridine rings is 2. The van der Waals surface area contributed by atoms with E-state index in [-0.39, 0.29) is 5.48 Å². The maximum Gasteiger partial charge on any atom is 0.430 e. The van der Waals surface area contributed by atoms with Crippen molar-refractivity contribution < 1.29 is 60.8 Å². The Labute approximate surface area is 279 Å². The van der Waals surface area contributed by atoms with Gasteiger partial charge in [-0.25, -0.2) is 0 Å². The van der Waals surface area contributed by atoms with Gasteiger partial charge in [0.25, 0.3) is 0 Å². The van der Waals surface area contributed by atoms with Gasteiger partial charge in [-0.05, 0) is 62.8 Å². The number of carboxylic acids is 2. The molecule has 0 radical (unpaired) electrons. The Kier molecular flexibility index (Phi) is 15.0. The van der Waals surface area contributed by atoms with E-state index in [4.69, 9.17) is 19.8 Å². The van der Waals surface area contributed by atoms with E-state index in [9.17, 15) is 26.3 Å². The van der Waals surface area contributed by atoms with Crippen LogP contribution in [0.5, 0.6) is 0 Å². The molecular weight excluding hydrogens is 658 g/mol. The lowest BCUT2D eigenvalue weighted by atomic mass is 10.1. The smallest absolute Gasteiger partial charge is 0.430 e. The van der Waals surface area contributed by atoms with Crippen molar-refractivity contribution in [2.45, 2.75) is 77.8 Å². The van der Waals surface area contributed by atoms with Gasteiger partial charge >= 0.3 is 12.4 Å². The topological polar surface area (TPSA) is 144 Å². The second kappa shape index (κ2) is 18.2. The summed E-state index contributed by atoms with van der Waals surface area (Å²) in [6.45, 7) is 8.53. The number of carboxylic acid groups (broad SMARTS) is 2. The van der Waals surface area contributed by atoms with E-state index in [1.807, 2.05) is 0 Å². The van der Waals surface area contributed by atoms with Crippen molar-refractivity contribution in [2.75, 3.05) is 23.7 Å². The molecule has 4 N–H and O–H groups in total. The monoisotopic (exact) mass is 698 g/mol. The van der Waals surface area contributed by atoms with Crippen LogP contribution in [0.15, 0.2) is 60.9 Å². The van der Waals surface area contributed by atoms with Crippen LogP contribution in [0.2, 0.25) is 0 Å². The van der Waals surface area contributed by atoms with E-state index in [0.29, 0.717) is 0 Å². The van der Waals surface area contributed by atoms with Gasteiger partial charge in [0.2, 0.25) is 11.0 Å². The highest BCUT2D eigenvalue weighted by Crippen LogP contribution is 2.24. The number of aryl methyl sites for hydroxylation is 4. The number of rotatable bonds is 0. The van der Waals surface area contributed by atoms with E-state index in [2.05, 4.69) is 94.5 Å². The van der Waals surface area contributed by atoms with Crippen LogP contribution in [0.3, 0.4) is 0 Å². The maximum absolute atomic E-state index is 10.5. The Morgan fingerprint density at radius 1 is 0.612 bits per heavy atom. The number of aliphatic carboxylic acids is 2. The van der Waals surface area contributed by atoms with Gasteiger partial charge in [-0.3, -0.25) is 0 Å². The third-order valence-corrected chi connectivity index (χ3v) is 7.59. The molecule has 9 nitrogen and oxygen atoms in total. The van der Waals surface area contributed by atoms with Crippen LogP contribution in [0.25, 0.3) is 21.8 Å². The van der Waals surface area contributed by atoms with Crippen molar-refractivity contribution >= 4 is 45.1 Å². The zero-order chi connectivity index (χ0) is 35.5. The van der Waals surface area contributed by atoms with Gasteiger partial charge in [0, 0.05) is 50.2 Å². The summed E-state index contributed by atoms with van der Waals surface area (Å²) in [5, 5.41) is 27.7. The van der Waals surface area contributed by atoms with E-state index >= 15 is 0 Å². The van der Waals surface area contributed by atoms with E-state index in [1.54, 1.807) is 0 Å². The highest BCUT2D eigenvalue weighted by molar-refractivity contribution is 5.90. The first-order valence-corrected chi connectivity index (χ1v) is 15.5. The van der Waals surface area contributed by atoms with Crippen LogP contribution >= 0.6 is 0 Å². The Bertz CT molecular complexity index is 1590. The molecule has 4 aromatic rings. The largest absolute Gasteiger partial charge is 0.542 e. The average Bonchev–Trinajstić information content (AvgIpc) is 3.00. The van der Waals surface area contributed by atoms with Crippen LogP contribution < -0.4 is 30.0 Å². The molecule has 15 heteroatoms. The minimum Gasteiger partial charge on any atom is -0.542 e. The van der Waals surface area contributed by atoms with Gasteiger partial charge in [-0.15, -0.1) is 0 Å². The summed E-state index contributed by atoms with van der Waals surface area (Å²) < 4.78 is 68.0. The number of hydrogen-bond acceptors (Lipinski definition) is 6. The van der Waals surface area contributed by atoms with Gasteiger partial charge in [-0.1, -0.05) is 12.1 Å². The summed E-state index contributed by atoms with van der Waals surface area (Å²) in [5.41, 5.74) is 7.83. The zero-order valence-corrected chi connectivity index (χ0v) is 27.1. The molecule has 0 saturated carbocycles. The highest BCUT2D eigenvalue weighted by atomic mass is 19.4. The van der Waals surface area contributed by atoms with Gasteiger partial charge in [0.1, 0.15) is 25.0 Å². The van der Waals surface area contributed by atoms with Crippen molar-refractivity contribution in [1.29, 1.82) is 0 Å². The SMILES string of the molecule is Cc1ccc2c(c1)c1cc[n+]2CCCCC[n+]2ccc(c3cc(C)ccc32)NCCCCCN1.O.O=C([O-])C(F)(F)F.O=C([O-])C(F)(F)F. The molecule has 0 aliphatic carbocycles. The number of nitrogens with zero attached hydrogens (tertiary/aromatic N) is 2. The first-order valence-electron chi connectivity index (χ1n) is 15.5. The van der Waals surface area contributed by atoms with E-state index in [0.717, 1.165) is 26.2 Å². The molecule has 0 atom stereocenters. The Morgan fingerprint density at radius 2 is 0.959 bits per heavy atom. The quantitative estimate of drug-likeness (QED) is 0.211. The number of carbonyl (C=O) groups is 2. The third-order valence-electron chi connectivity index (χ3n) is 7.59. The van der Waals surface area contributed by atoms with Gasteiger partial charge in [-0.2, -0.15) is 35.5 Å². The summed E-state index contributed by atoms with van der Waals surface area (Å²) in [6.07, 6.45) is 1.33. The van der Waals surface area contributed by atoms with Crippen molar-refractivity contribution in [3.8, 4) is 0 Å². The van der Waals surface area contributed by atoms with Crippen molar-refractivity contribution in [2.24, 2.45) is 0 Å². The summed E-state index contributed by atoms with van der Waals surface area (Å²) in [7, 11) is 0. The minimum atomic E-state index is -5.19. The number of fused-ring (bicyclic) bond motifs is 12. The molecule has 0 unspecified atom stereocenters. The molecule has 49 heavy (non-hydrogen) atoms. The second-order valence-corrected chi connectivity index (χ2v) is 11.4. The molecule has 268 valence electrons. The molecule has 4 bridgehead atoms. The molecular formula is C34H40F6N4O5. The number of benzene rings is 2. The normalized spacial score (nSPS) is 14.2. The van der Waals surface area contributed by atoms with Crippen molar-refractivity contribution in [3.63, 3.8) is 0 Å². The Balaban J connectivity index is 0.000000470. The number of carbonyl (C=O) groups excluding carboxylic acids is 2. The van der Waals surface area contributed by atoms with Crippen LogP contribution in [0.4, 0.5) is 37.7 Å².